The number of nitrogens with zero attached hydrogens (tertiary/aromatic N) is 4. The van der Waals surface area contributed by atoms with Crippen LogP contribution in [0.15, 0.2) is 48.0 Å². The van der Waals surface area contributed by atoms with Crippen LogP contribution in [0.3, 0.4) is 0 Å². The molecule has 0 spiro atoms. The van der Waals surface area contributed by atoms with Crippen molar-refractivity contribution < 1.29 is 9.18 Å². The van der Waals surface area contributed by atoms with E-state index in [0.717, 1.165) is 60.7 Å². The van der Waals surface area contributed by atoms with Gasteiger partial charge in [0.15, 0.2) is 0 Å². The molecule has 0 aliphatic carbocycles. The van der Waals surface area contributed by atoms with Gasteiger partial charge in [0.05, 0.1) is 15.7 Å². The molecule has 28 heavy (non-hydrogen) atoms. The summed E-state index contributed by atoms with van der Waals surface area (Å²) in [7, 11) is 0. The van der Waals surface area contributed by atoms with E-state index in [1.165, 1.54) is 12.1 Å². The normalized spacial score (nSPS) is 18.5. The van der Waals surface area contributed by atoms with Crippen molar-refractivity contribution in [3.8, 4) is 0 Å². The van der Waals surface area contributed by atoms with Gasteiger partial charge in [0.25, 0.3) is 5.91 Å². The SMILES string of the molecule is O=C(c1ccc2ncsc2c1)N1CC(N2CCN(c3ccc(F)cc3)CC2)C1. The van der Waals surface area contributed by atoms with Crippen molar-refractivity contribution in [3.05, 3.63) is 59.4 Å². The van der Waals surface area contributed by atoms with Crippen LogP contribution >= 0.6 is 11.3 Å². The fourth-order valence-corrected chi connectivity index (χ4v) is 4.74. The Morgan fingerprint density at radius 1 is 1.04 bits per heavy atom. The summed E-state index contributed by atoms with van der Waals surface area (Å²) in [5.41, 5.74) is 4.58. The van der Waals surface area contributed by atoms with E-state index in [-0.39, 0.29) is 11.7 Å². The van der Waals surface area contributed by atoms with Crippen molar-refractivity contribution in [2.45, 2.75) is 6.04 Å². The monoisotopic (exact) mass is 396 g/mol. The van der Waals surface area contributed by atoms with Crippen molar-refractivity contribution in [1.82, 2.24) is 14.8 Å². The predicted octanol–water partition coefficient (Wildman–Crippen LogP) is 3.08. The Labute approximate surface area is 167 Å². The Morgan fingerprint density at radius 3 is 2.54 bits per heavy atom. The molecule has 3 aromatic rings. The number of benzene rings is 2. The highest BCUT2D eigenvalue weighted by Gasteiger charge is 2.36. The molecule has 0 bridgehead atoms. The van der Waals surface area contributed by atoms with E-state index >= 15 is 0 Å². The van der Waals surface area contributed by atoms with E-state index < -0.39 is 0 Å². The van der Waals surface area contributed by atoms with E-state index in [0.29, 0.717) is 6.04 Å². The van der Waals surface area contributed by atoms with Crippen LogP contribution in [0.25, 0.3) is 10.2 Å². The number of amides is 1. The molecule has 1 aromatic heterocycles. The number of likely N-dealkylation sites (tertiary alicyclic amines) is 1. The maximum Gasteiger partial charge on any atom is 0.254 e. The Morgan fingerprint density at radius 2 is 1.79 bits per heavy atom. The largest absolute Gasteiger partial charge is 0.369 e. The molecule has 7 heteroatoms. The van der Waals surface area contributed by atoms with Crippen LogP contribution in [0.1, 0.15) is 10.4 Å². The molecule has 0 N–H and O–H groups in total. The first-order valence-electron chi connectivity index (χ1n) is 9.54. The molecule has 5 nitrogen and oxygen atoms in total. The van der Waals surface area contributed by atoms with Crippen LogP contribution in [0.5, 0.6) is 0 Å². The Balaban J connectivity index is 1.15. The van der Waals surface area contributed by atoms with E-state index in [2.05, 4.69) is 14.8 Å². The van der Waals surface area contributed by atoms with Gasteiger partial charge in [-0.3, -0.25) is 9.69 Å². The van der Waals surface area contributed by atoms with Gasteiger partial charge < -0.3 is 9.80 Å². The maximum atomic E-state index is 13.1. The highest BCUT2D eigenvalue weighted by molar-refractivity contribution is 7.16. The molecule has 5 rings (SSSR count). The smallest absolute Gasteiger partial charge is 0.254 e. The van der Waals surface area contributed by atoms with Crippen LogP contribution in [0, 0.1) is 5.82 Å². The second kappa shape index (κ2) is 7.14. The number of hydrogen-bond acceptors (Lipinski definition) is 5. The molecule has 2 aromatic carbocycles. The third-order valence-electron chi connectivity index (χ3n) is 5.75. The van der Waals surface area contributed by atoms with Gasteiger partial charge in [0, 0.05) is 56.6 Å². The highest BCUT2D eigenvalue weighted by Crippen LogP contribution is 2.24. The van der Waals surface area contributed by atoms with Gasteiger partial charge >= 0.3 is 0 Å². The molecule has 2 saturated heterocycles. The van der Waals surface area contributed by atoms with Gasteiger partial charge in [-0.25, -0.2) is 9.37 Å². The zero-order valence-electron chi connectivity index (χ0n) is 15.4. The first kappa shape index (κ1) is 17.6. The van der Waals surface area contributed by atoms with Crippen molar-refractivity contribution in [2.24, 2.45) is 0 Å². The number of anilines is 1. The standard InChI is InChI=1S/C21H21FN4OS/c22-16-2-4-17(5-3-16)24-7-9-25(10-8-24)18-12-26(13-18)21(27)15-1-6-19-20(11-15)28-14-23-19/h1-6,11,14,18H,7-10,12-13H2. The summed E-state index contributed by atoms with van der Waals surface area (Å²) >= 11 is 1.56. The van der Waals surface area contributed by atoms with Gasteiger partial charge in [0.2, 0.25) is 0 Å². The predicted molar refractivity (Wildman–Crippen MR) is 109 cm³/mol. The minimum Gasteiger partial charge on any atom is -0.369 e. The van der Waals surface area contributed by atoms with E-state index in [4.69, 9.17) is 0 Å². The molecule has 2 aliphatic heterocycles. The summed E-state index contributed by atoms with van der Waals surface area (Å²) in [5, 5.41) is 0. The number of halogens is 1. The lowest BCUT2D eigenvalue weighted by atomic mass is 10.0. The van der Waals surface area contributed by atoms with E-state index in [1.807, 2.05) is 40.7 Å². The van der Waals surface area contributed by atoms with E-state index in [1.54, 1.807) is 11.3 Å². The first-order chi connectivity index (χ1) is 13.7. The minimum absolute atomic E-state index is 0.108. The van der Waals surface area contributed by atoms with Gasteiger partial charge in [0.1, 0.15) is 5.82 Å². The zero-order valence-corrected chi connectivity index (χ0v) is 16.2. The van der Waals surface area contributed by atoms with Crippen LogP contribution in [-0.2, 0) is 0 Å². The van der Waals surface area contributed by atoms with Crippen LogP contribution in [-0.4, -0.2) is 66.0 Å². The number of carbonyl (C=O) groups excluding carboxylic acids is 1. The lowest BCUT2D eigenvalue weighted by Crippen LogP contribution is -2.64. The summed E-state index contributed by atoms with van der Waals surface area (Å²) in [6, 6.07) is 12.9. The lowest BCUT2D eigenvalue weighted by molar-refractivity contribution is 0.0247. The zero-order chi connectivity index (χ0) is 19.1. The molecule has 0 saturated carbocycles. The number of piperazine rings is 1. The molecular weight excluding hydrogens is 375 g/mol. The number of aromatic nitrogens is 1. The summed E-state index contributed by atoms with van der Waals surface area (Å²) < 4.78 is 14.2. The summed E-state index contributed by atoms with van der Waals surface area (Å²) in [6.07, 6.45) is 0. The van der Waals surface area contributed by atoms with Gasteiger partial charge in [-0.1, -0.05) is 0 Å². The molecule has 1 amide bonds. The Hall–Kier alpha value is -2.51. The third-order valence-corrected chi connectivity index (χ3v) is 6.54. The van der Waals surface area contributed by atoms with Gasteiger partial charge in [-0.2, -0.15) is 0 Å². The number of rotatable bonds is 3. The van der Waals surface area contributed by atoms with Crippen molar-refractivity contribution in [2.75, 3.05) is 44.2 Å². The molecule has 2 aliphatic rings. The second-order valence-electron chi connectivity index (χ2n) is 7.40. The van der Waals surface area contributed by atoms with Gasteiger partial charge in [-0.15, -0.1) is 11.3 Å². The topological polar surface area (TPSA) is 39.7 Å². The average molecular weight is 396 g/mol. The third kappa shape index (κ3) is 3.25. The molecule has 2 fully saturated rings. The molecule has 0 radical (unpaired) electrons. The number of thiazole rings is 1. The minimum atomic E-state index is -0.198. The van der Waals surface area contributed by atoms with Crippen molar-refractivity contribution >= 4 is 33.1 Å². The molecular formula is C21H21FN4OS. The Bertz CT molecular complexity index is 991. The molecule has 0 unspecified atom stereocenters. The fourth-order valence-electron chi connectivity index (χ4n) is 4.02. The molecule has 0 atom stereocenters. The van der Waals surface area contributed by atoms with E-state index in [9.17, 15) is 9.18 Å². The quantitative estimate of drug-likeness (QED) is 0.682. The first-order valence-corrected chi connectivity index (χ1v) is 10.4. The van der Waals surface area contributed by atoms with Crippen molar-refractivity contribution in [1.29, 1.82) is 0 Å². The average Bonchev–Trinajstić information content (AvgIpc) is 3.16. The highest BCUT2D eigenvalue weighted by atomic mass is 32.1. The van der Waals surface area contributed by atoms with Crippen LogP contribution < -0.4 is 4.90 Å². The van der Waals surface area contributed by atoms with Crippen molar-refractivity contribution in [3.63, 3.8) is 0 Å². The maximum absolute atomic E-state index is 13.1. The summed E-state index contributed by atoms with van der Waals surface area (Å²) in [4.78, 5) is 23.7. The number of hydrogen-bond donors (Lipinski definition) is 0. The Kier molecular flexibility index (Phi) is 4.49. The number of carbonyl (C=O) groups is 1. The number of fused-ring (bicyclic) bond motifs is 1. The second-order valence-corrected chi connectivity index (χ2v) is 8.28. The van der Waals surface area contributed by atoms with Crippen LogP contribution in [0.4, 0.5) is 10.1 Å². The van der Waals surface area contributed by atoms with Crippen LogP contribution in [0.2, 0.25) is 0 Å². The molecule has 144 valence electrons. The lowest BCUT2D eigenvalue weighted by Gasteiger charge is -2.48. The van der Waals surface area contributed by atoms with Gasteiger partial charge in [-0.05, 0) is 42.5 Å². The summed E-state index contributed by atoms with van der Waals surface area (Å²) in [6.45, 7) is 5.37. The summed E-state index contributed by atoms with van der Waals surface area (Å²) in [5.74, 6) is -0.0902. The molecule has 3 heterocycles. The fraction of sp³-hybridized carbons (Fsp3) is 0.333.